The highest BCUT2D eigenvalue weighted by Crippen LogP contribution is 2.35. The van der Waals surface area contributed by atoms with Gasteiger partial charge >= 0.3 is 5.97 Å². The van der Waals surface area contributed by atoms with Crippen LogP contribution in [0.2, 0.25) is 0 Å². The standard InChI is InChI=1S/C20H22N4O4S2/c1-4-10-24-17(25)15(29-20(24)21-19-23-22-16(5-2)30-19)11-13-6-8-14(9-7-13)28-12(3)18(26)27/h6-9,11-12H,4-5,10H2,1-3H3,(H,26,27)/b15-11+,21-20+. The lowest BCUT2D eigenvalue weighted by Crippen LogP contribution is -2.29. The van der Waals surface area contributed by atoms with Gasteiger partial charge in [-0.15, -0.1) is 10.2 Å². The molecule has 10 heteroatoms. The molecule has 1 amide bonds. The number of ether oxygens (including phenoxy) is 1. The molecule has 2 aromatic rings. The lowest BCUT2D eigenvalue weighted by atomic mass is 10.2. The summed E-state index contributed by atoms with van der Waals surface area (Å²) >= 11 is 2.73. The molecule has 8 nitrogen and oxygen atoms in total. The molecular weight excluding hydrogens is 424 g/mol. The number of aryl methyl sites for hydroxylation is 1. The molecule has 1 fully saturated rings. The molecule has 0 radical (unpaired) electrons. The number of carboxylic acids is 1. The summed E-state index contributed by atoms with van der Waals surface area (Å²) in [5.41, 5.74) is 0.808. The van der Waals surface area contributed by atoms with E-state index in [4.69, 9.17) is 9.84 Å². The van der Waals surface area contributed by atoms with E-state index >= 15 is 0 Å². The average Bonchev–Trinajstić information content (AvgIpc) is 3.29. The molecule has 1 aliphatic heterocycles. The van der Waals surface area contributed by atoms with Crippen molar-refractivity contribution in [3.05, 3.63) is 39.7 Å². The summed E-state index contributed by atoms with van der Waals surface area (Å²) in [6.07, 6.45) is 2.46. The van der Waals surface area contributed by atoms with Crippen LogP contribution in [0, 0.1) is 0 Å². The summed E-state index contributed by atoms with van der Waals surface area (Å²) in [6, 6.07) is 6.93. The monoisotopic (exact) mass is 446 g/mol. The van der Waals surface area contributed by atoms with Gasteiger partial charge in [-0.05, 0) is 55.3 Å². The first-order valence-electron chi connectivity index (χ1n) is 9.53. The molecule has 3 rings (SSSR count). The summed E-state index contributed by atoms with van der Waals surface area (Å²) in [5.74, 6) is -0.672. The van der Waals surface area contributed by atoms with E-state index in [2.05, 4.69) is 15.2 Å². The third-order valence-corrected chi connectivity index (χ3v) is 6.09. The van der Waals surface area contributed by atoms with E-state index in [1.807, 2.05) is 13.8 Å². The molecule has 1 aliphatic rings. The Morgan fingerprint density at radius 3 is 2.63 bits per heavy atom. The SMILES string of the molecule is CCCN1C(=O)/C(=C\c2ccc(OC(C)C(=O)O)cc2)S/C1=N/c1nnc(CC)s1. The number of carboxylic acid groups (broad SMARTS) is 1. The first kappa shape index (κ1) is 22.0. The molecule has 30 heavy (non-hydrogen) atoms. The Hall–Kier alpha value is -2.72. The number of aliphatic imine (C=N–C) groups is 1. The summed E-state index contributed by atoms with van der Waals surface area (Å²) in [4.78, 5) is 30.6. The van der Waals surface area contributed by atoms with Crippen LogP contribution in [0.3, 0.4) is 0 Å². The quantitative estimate of drug-likeness (QED) is 0.612. The number of carbonyl (C=O) groups excluding carboxylic acids is 1. The molecule has 1 atom stereocenters. The number of carbonyl (C=O) groups is 2. The molecule has 0 aliphatic carbocycles. The highest BCUT2D eigenvalue weighted by molar-refractivity contribution is 8.18. The maximum absolute atomic E-state index is 12.9. The van der Waals surface area contributed by atoms with Crippen molar-refractivity contribution in [2.24, 2.45) is 4.99 Å². The molecule has 2 heterocycles. The van der Waals surface area contributed by atoms with E-state index in [0.717, 1.165) is 23.4 Å². The Morgan fingerprint density at radius 2 is 2.03 bits per heavy atom. The zero-order valence-electron chi connectivity index (χ0n) is 16.9. The minimum Gasteiger partial charge on any atom is -0.479 e. The smallest absolute Gasteiger partial charge is 0.344 e. The second kappa shape index (κ2) is 9.86. The lowest BCUT2D eigenvalue weighted by Gasteiger charge is -2.13. The number of amidine groups is 1. The predicted molar refractivity (Wildman–Crippen MR) is 118 cm³/mol. The Kier molecular flexibility index (Phi) is 7.22. The molecule has 0 saturated carbocycles. The normalized spacial score (nSPS) is 17.7. The van der Waals surface area contributed by atoms with Gasteiger partial charge in [-0.3, -0.25) is 9.69 Å². The maximum atomic E-state index is 12.9. The second-order valence-corrected chi connectivity index (χ2v) is 8.51. The van der Waals surface area contributed by atoms with Crippen LogP contribution in [0.15, 0.2) is 34.2 Å². The van der Waals surface area contributed by atoms with E-state index < -0.39 is 12.1 Å². The minimum atomic E-state index is -1.03. The van der Waals surface area contributed by atoms with Crippen LogP contribution in [-0.2, 0) is 16.0 Å². The predicted octanol–water partition coefficient (Wildman–Crippen LogP) is 3.97. The van der Waals surface area contributed by atoms with Crippen molar-refractivity contribution in [2.75, 3.05) is 6.54 Å². The Labute approximate surface area is 182 Å². The molecule has 1 N–H and O–H groups in total. The lowest BCUT2D eigenvalue weighted by molar-refractivity contribution is -0.144. The zero-order chi connectivity index (χ0) is 21.7. The van der Waals surface area contributed by atoms with Crippen molar-refractivity contribution in [1.29, 1.82) is 0 Å². The largest absolute Gasteiger partial charge is 0.479 e. The fraction of sp³-hybridized carbons (Fsp3) is 0.350. The van der Waals surface area contributed by atoms with Gasteiger partial charge in [0.25, 0.3) is 5.91 Å². The Balaban J connectivity index is 1.80. The maximum Gasteiger partial charge on any atom is 0.344 e. The van der Waals surface area contributed by atoms with Crippen LogP contribution in [0.4, 0.5) is 5.13 Å². The average molecular weight is 447 g/mol. The molecule has 1 unspecified atom stereocenters. The van der Waals surface area contributed by atoms with Gasteiger partial charge in [0.05, 0.1) is 4.91 Å². The van der Waals surface area contributed by atoms with Crippen molar-refractivity contribution < 1.29 is 19.4 Å². The van der Waals surface area contributed by atoms with Crippen molar-refractivity contribution in [3.8, 4) is 5.75 Å². The molecule has 1 aromatic carbocycles. The van der Waals surface area contributed by atoms with Crippen LogP contribution in [0.25, 0.3) is 6.08 Å². The number of thioether (sulfide) groups is 1. The van der Waals surface area contributed by atoms with Crippen LogP contribution in [0.1, 0.15) is 37.8 Å². The van der Waals surface area contributed by atoms with Gasteiger partial charge in [0.2, 0.25) is 5.13 Å². The molecule has 1 saturated heterocycles. The number of hydrogen-bond donors (Lipinski definition) is 1. The van der Waals surface area contributed by atoms with Gasteiger partial charge in [-0.1, -0.05) is 37.3 Å². The summed E-state index contributed by atoms with van der Waals surface area (Å²) < 4.78 is 5.33. The number of benzene rings is 1. The van der Waals surface area contributed by atoms with E-state index in [1.165, 1.54) is 30.0 Å². The van der Waals surface area contributed by atoms with Gasteiger partial charge < -0.3 is 9.84 Å². The molecule has 158 valence electrons. The minimum absolute atomic E-state index is 0.0966. The van der Waals surface area contributed by atoms with E-state index in [1.54, 1.807) is 35.2 Å². The number of aliphatic carboxylic acids is 1. The van der Waals surface area contributed by atoms with Crippen molar-refractivity contribution in [3.63, 3.8) is 0 Å². The van der Waals surface area contributed by atoms with Crippen LogP contribution in [-0.4, -0.2) is 49.9 Å². The summed E-state index contributed by atoms with van der Waals surface area (Å²) in [5, 5.41) is 19.1. The van der Waals surface area contributed by atoms with Gasteiger partial charge in [0, 0.05) is 6.54 Å². The van der Waals surface area contributed by atoms with Crippen LogP contribution < -0.4 is 4.74 Å². The molecule has 1 aromatic heterocycles. The summed E-state index contributed by atoms with van der Waals surface area (Å²) in [7, 11) is 0. The molecule has 0 bridgehead atoms. The third kappa shape index (κ3) is 5.25. The number of rotatable bonds is 8. The fourth-order valence-electron chi connectivity index (χ4n) is 2.58. The van der Waals surface area contributed by atoms with E-state index in [0.29, 0.717) is 27.5 Å². The van der Waals surface area contributed by atoms with Gasteiger partial charge in [0.1, 0.15) is 10.8 Å². The second-order valence-electron chi connectivity index (χ2n) is 6.46. The topological polar surface area (TPSA) is 105 Å². The number of amides is 1. The van der Waals surface area contributed by atoms with Gasteiger partial charge in [-0.25, -0.2) is 4.79 Å². The number of nitrogens with zero attached hydrogens (tertiary/aromatic N) is 4. The van der Waals surface area contributed by atoms with Gasteiger partial charge in [0.15, 0.2) is 11.3 Å². The zero-order valence-corrected chi connectivity index (χ0v) is 18.5. The van der Waals surface area contributed by atoms with Crippen LogP contribution in [0.5, 0.6) is 5.75 Å². The van der Waals surface area contributed by atoms with Crippen LogP contribution >= 0.6 is 23.1 Å². The van der Waals surface area contributed by atoms with E-state index in [-0.39, 0.29) is 5.91 Å². The number of aromatic nitrogens is 2. The van der Waals surface area contributed by atoms with Gasteiger partial charge in [-0.2, -0.15) is 4.99 Å². The van der Waals surface area contributed by atoms with Crippen molar-refractivity contribution >= 4 is 51.4 Å². The Morgan fingerprint density at radius 1 is 1.30 bits per heavy atom. The first-order chi connectivity index (χ1) is 14.4. The highest BCUT2D eigenvalue weighted by atomic mass is 32.2. The Bertz CT molecular complexity index is 985. The fourth-order valence-corrected chi connectivity index (χ4v) is 4.29. The highest BCUT2D eigenvalue weighted by Gasteiger charge is 2.33. The molecular formula is C20H22N4O4S2. The van der Waals surface area contributed by atoms with Crippen molar-refractivity contribution in [1.82, 2.24) is 15.1 Å². The number of hydrogen-bond acceptors (Lipinski definition) is 8. The van der Waals surface area contributed by atoms with E-state index in [9.17, 15) is 9.59 Å². The molecule has 0 spiro atoms. The third-order valence-electron chi connectivity index (χ3n) is 4.12. The summed E-state index contributed by atoms with van der Waals surface area (Å²) in [6.45, 7) is 6.06. The van der Waals surface area contributed by atoms with Crippen molar-refractivity contribution in [2.45, 2.75) is 39.7 Å². The first-order valence-corrected chi connectivity index (χ1v) is 11.2.